The molecule has 21 heavy (non-hydrogen) atoms. The van der Waals surface area contributed by atoms with Crippen LogP contribution >= 0.6 is 11.6 Å². The van der Waals surface area contributed by atoms with Crippen LogP contribution in [-0.4, -0.2) is 21.9 Å². The van der Waals surface area contributed by atoms with Gasteiger partial charge in [0.2, 0.25) is 5.91 Å². The number of amides is 1. The van der Waals surface area contributed by atoms with E-state index in [9.17, 15) is 9.18 Å². The molecule has 1 aromatic carbocycles. The highest BCUT2D eigenvalue weighted by Crippen LogP contribution is 2.34. The second-order valence-corrected chi connectivity index (χ2v) is 5.66. The lowest BCUT2D eigenvalue weighted by Gasteiger charge is -2.27. The molecule has 0 N–H and O–H groups in total. The summed E-state index contributed by atoms with van der Waals surface area (Å²) in [6.45, 7) is 2.98. The lowest BCUT2D eigenvalue weighted by Crippen LogP contribution is -2.35. The van der Waals surface area contributed by atoms with Crippen LogP contribution in [0.3, 0.4) is 0 Å². The molecule has 0 unspecified atom stereocenters. The Labute approximate surface area is 127 Å². The molecule has 3 nitrogen and oxygen atoms in total. The highest BCUT2D eigenvalue weighted by molar-refractivity contribution is 6.31. The van der Waals surface area contributed by atoms with Crippen molar-refractivity contribution >= 4 is 28.4 Å². The maximum absolute atomic E-state index is 14.3. The van der Waals surface area contributed by atoms with Gasteiger partial charge in [-0.3, -0.25) is 4.79 Å². The minimum absolute atomic E-state index is 0.00501. The molecule has 0 bridgehead atoms. The Balaban J connectivity index is 2.12. The number of carbonyl (C=O) groups is 1. The fourth-order valence-corrected chi connectivity index (χ4v) is 3.20. The maximum Gasteiger partial charge on any atom is 0.246 e. The largest absolute Gasteiger partial charge is 0.345 e. The zero-order chi connectivity index (χ0) is 15.1. The van der Waals surface area contributed by atoms with Crippen molar-refractivity contribution in [3.8, 4) is 0 Å². The number of hydrogen-bond acceptors (Lipinski definition) is 1. The molecule has 1 aromatic heterocycles. The van der Waals surface area contributed by atoms with Crippen LogP contribution in [0.15, 0.2) is 24.3 Å². The van der Waals surface area contributed by atoms with Crippen molar-refractivity contribution < 1.29 is 9.18 Å². The van der Waals surface area contributed by atoms with Gasteiger partial charge in [-0.1, -0.05) is 23.7 Å². The number of fused-ring (bicyclic) bond motifs is 3. The number of hydrogen-bond donors (Lipinski definition) is 0. The molecule has 2 aromatic rings. The second-order valence-electron chi connectivity index (χ2n) is 5.25. The highest BCUT2D eigenvalue weighted by atomic mass is 35.5. The van der Waals surface area contributed by atoms with Gasteiger partial charge in [0, 0.05) is 43.2 Å². The SMILES string of the molecule is CC=CC(=O)N1CCc2c(c3ccc(Cl)c(F)c3n2C)C1. The fraction of sp³-hybridized carbons (Fsp3) is 0.312. The van der Waals surface area contributed by atoms with Crippen LogP contribution in [-0.2, 0) is 24.8 Å². The maximum atomic E-state index is 14.3. The van der Waals surface area contributed by atoms with E-state index in [1.165, 1.54) is 0 Å². The van der Waals surface area contributed by atoms with E-state index in [0.29, 0.717) is 18.6 Å². The Bertz CT molecular complexity index is 763. The average molecular weight is 307 g/mol. The topological polar surface area (TPSA) is 25.2 Å². The number of nitrogens with zero attached hydrogens (tertiary/aromatic N) is 2. The van der Waals surface area contributed by atoms with Crippen LogP contribution in [0.4, 0.5) is 4.39 Å². The fourth-order valence-electron chi connectivity index (χ4n) is 3.05. The van der Waals surface area contributed by atoms with Crippen LogP contribution in [0.25, 0.3) is 10.9 Å². The van der Waals surface area contributed by atoms with Crippen molar-refractivity contribution in [3.63, 3.8) is 0 Å². The van der Waals surface area contributed by atoms with Crippen molar-refractivity contribution in [1.29, 1.82) is 0 Å². The average Bonchev–Trinajstić information content (AvgIpc) is 2.76. The van der Waals surface area contributed by atoms with Gasteiger partial charge >= 0.3 is 0 Å². The van der Waals surface area contributed by atoms with Gasteiger partial charge in [-0.05, 0) is 19.1 Å². The Morgan fingerprint density at radius 3 is 2.90 bits per heavy atom. The Morgan fingerprint density at radius 1 is 1.43 bits per heavy atom. The van der Waals surface area contributed by atoms with Crippen LogP contribution < -0.4 is 0 Å². The summed E-state index contributed by atoms with van der Waals surface area (Å²) in [6.07, 6.45) is 4.02. The van der Waals surface area contributed by atoms with Gasteiger partial charge in [0.15, 0.2) is 5.82 Å². The normalized spacial score (nSPS) is 15.0. The van der Waals surface area contributed by atoms with E-state index in [4.69, 9.17) is 11.6 Å². The van der Waals surface area contributed by atoms with Crippen LogP contribution in [0.1, 0.15) is 18.2 Å². The molecule has 0 saturated heterocycles. The summed E-state index contributed by atoms with van der Waals surface area (Å²) in [5.74, 6) is -0.396. The zero-order valence-electron chi connectivity index (χ0n) is 12.0. The van der Waals surface area contributed by atoms with Gasteiger partial charge in [-0.2, -0.15) is 0 Å². The minimum Gasteiger partial charge on any atom is -0.345 e. The van der Waals surface area contributed by atoms with Crippen molar-refractivity contribution in [3.05, 3.63) is 46.4 Å². The summed E-state index contributed by atoms with van der Waals surface area (Å²) in [4.78, 5) is 13.8. The first-order valence-electron chi connectivity index (χ1n) is 6.90. The highest BCUT2D eigenvalue weighted by Gasteiger charge is 2.26. The molecule has 3 rings (SSSR count). The summed E-state index contributed by atoms with van der Waals surface area (Å²) in [6, 6.07) is 3.41. The third-order valence-corrected chi connectivity index (χ3v) is 4.36. The third kappa shape index (κ3) is 2.14. The predicted molar refractivity (Wildman–Crippen MR) is 81.8 cm³/mol. The van der Waals surface area contributed by atoms with E-state index < -0.39 is 5.82 Å². The minimum atomic E-state index is -0.391. The van der Waals surface area contributed by atoms with Gasteiger partial charge in [-0.15, -0.1) is 0 Å². The summed E-state index contributed by atoms with van der Waals surface area (Å²) in [5.41, 5.74) is 2.62. The lowest BCUT2D eigenvalue weighted by molar-refractivity contribution is -0.126. The molecular weight excluding hydrogens is 291 g/mol. The van der Waals surface area contributed by atoms with Gasteiger partial charge in [0.05, 0.1) is 10.5 Å². The molecular formula is C16H16ClFN2O. The molecule has 2 heterocycles. The zero-order valence-corrected chi connectivity index (χ0v) is 12.7. The molecule has 1 aliphatic heterocycles. The number of aryl methyl sites for hydroxylation is 1. The number of carbonyl (C=O) groups excluding carboxylic acids is 1. The molecule has 0 aliphatic carbocycles. The first-order chi connectivity index (χ1) is 10.0. The van der Waals surface area contributed by atoms with Crippen molar-refractivity contribution in [2.24, 2.45) is 7.05 Å². The van der Waals surface area contributed by atoms with E-state index in [-0.39, 0.29) is 10.9 Å². The summed E-state index contributed by atoms with van der Waals surface area (Å²) in [7, 11) is 1.85. The van der Waals surface area contributed by atoms with Crippen LogP contribution in [0.2, 0.25) is 5.02 Å². The van der Waals surface area contributed by atoms with E-state index in [1.54, 1.807) is 23.1 Å². The van der Waals surface area contributed by atoms with E-state index in [0.717, 1.165) is 23.1 Å². The standard InChI is InChI=1S/C16H16ClFN2O/c1-3-4-14(21)20-8-7-13-11(9-20)10-5-6-12(17)15(18)16(10)19(13)2/h3-6H,7-9H2,1-2H3. The molecule has 0 radical (unpaired) electrons. The number of halogens is 2. The van der Waals surface area contributed by atoms with E-state index in [2.05, 4.69) is 0 Å². The number of allylic oxidation sites excluding steroid dienone is 1. The summed E-state index contributed by atoms with van der Waals surface area (Å²) < 4.78 is 16.1. The Kier molecular flexibility index (Phi) is 3.49. The molecule has 1 aliphatic rings. The molecule has 0 atom stereocenters. The molecule has 1 amide bonds. The lowest BCUT2D eigenvalue weighted by atomic mass is 10.0. The van der Waals surface area contributed by atoms with Crippen molar-refractivity contribution in [2.45, 2.75) is 19.9 Å². The molecule has 0 fully saturated rings. The van der Waals surface area contributed by atoms with Crippen LogP contribution in [0.5, 0.6) is 0 Å². The van der Waals surface area contributed by atoms with Gasteiger partial charge < -0.3 is 9.47 Å². The number of benzene rings is 1. The van der Waals surface area contributed by atoms with Crippen LogP contribution in [0, 0.1) is 5.82 Å². The molecule has 0 saturated carbocycles. The van der Waals surface area contributed by atoms with Gasteiger partial charge in [-0.25, -0.2) is 4.39 Å². The quantitative estimate of drug-likeness (QED) is 0.741. The monoisotopic (exact) mass is 306 g/mol. The number of rotatable bonds is 1. The van der Waals surface area contributed by atoms with Gasteiger partial charge in [0.1, 0.15) is 0 Å². The Hall–Kier alpha value is -1.81. The predicted octanol–water partition coefficient (Wildman–Crippen LogP) is 3.43. The number of aromatic nitrogens is 1. The molecule has 0 spiro atoms. The Morgan fingerprint density at radius 2 is 2.19 bits per heavy atom. The first-order valence-corrected chi connectivity index (χ1v) is 7.28. The summed E-state index contributed by atoms with van der Waals surface area (Å²) >= 11 is 5.88. The second kappa shape index (κ2) is 5.19. The first kappa shape index (κ1) is 14.1. The third-order valence-electron chi connectivity index (χ3n) is 4.07. The van der Waals surface area contributed by atoms with E-state index in [1.807, 2.05) is 24.6 Å². The van der Waals surface area contributed by atoms with E-state index >= 15 is 0 Å². The molecule has 5 heteroatoms. The molecule has 110 valence electrons. The van der Waals surface area contributed by atoms with Crippen molar-refractivity contribution in [1.82, 2.24) is 9.47 Å². The van der Waals surface area contributed by atoms with Crippen molar-refractivity contribution in [2.75, 3.05) is 6.54 Å². The summed E-state index contributed by atoms with van der Waals surface area (Å²) in [5, 5.41) is 0.967. The smallest absolute Gasteiger partial charge is 0.246 e. The van der Waals surface area contributed by atoms with Gasteiger partial charge in [0.25, 0.3) is 0 Å².